The van der Waals surface area contributed by atoms with Gasteiger partial charge in [-0.25, -0.2) is 0 Å². The Morgan fingerprint density at radius 3 is 2.77 bits per heavy atom. The minimum atomic E-state index is -0.624. The van der Waals surface area contributed by atoms with E-state index in [4.69, 9.17) is 5.26 Å². The van der Waals surface area contributed by atoms with Crippen molar-refractivity contribution in [3.8, 4) is 11.8 Å². The number of hydrogen-bond donors (Lipinski definition) is 0. The molecule has 1 radical (unpaired) electrons. The van der Waals surface area contributed by atoms with Crippen LogP contribution >= 0.6 is 0 Å². The van der Waals surface area contributed by atoms with Gasteiger partial charge in [0.1, 0.15) is 18.7 Å². The van der Waals surface area contributed by atoms with Crippen molar-refractivity contribution >= 4 is 5.69 Å². The molecule has 1 aromatic carbocycles. The van der Waals surface area contributed by atoms with E-state index in [1.54, 1.807) is 6.07 Å². The zero-order valence-corrected chi connectivity index (χ0v) is 6.56. The average Bonchev–Trinajstić information content (AvgIpc) is 2.16. The lowest BCUT2D eigenvalue weighted by atomic mass is 10.2. The summed E-state index contributed by atoms with van der Waals surface area (Å²) >= 11 is 0. The molecule has 5 heteroatoms. The maximum atomic E-state index is 10.4. The highest BCUT2D eigenvalue weighted by Crippen LogP contribution is 2.29. The highest BCUT2D eigenvalue weighted by atomic mass is 16.6. The number of hydrogen-bond acceptors (Lipinski definition) is 4. The van der Waals surface area contributed by atoms with Crippen LogP contribution in [0.15, 0.2) is 18.2 Å². The molecule has 65 valence electrons. The van der Waals surface area contributed by atoms with Gasteiger partial charge in [-0.1, -0.05) is 6.07 Å². The van der Waals surface area contributed by atoms with Gasteiger partial charge < -0.3 is 4.74 Å². The minimum absolute atomic E-state index is 0.101. The molecule has 0 N–H and O–H groups in total. The molecule has 0 aliphatic carbocycles. The van der Waals surface area contributed by atoms with Crippen molar-refractivity contribution in [1.29, 1.82) is 5.26 Å². The number of ether oxygens (including phenoxy) is 1. The summed E-state index contributed by atoms with van der Waals surface area (Å²) in [5.74, 6) is -0.102. The number of nitro groups is 1. The molecule has 1 aromatic rings. The molecule has 0 aliphatic heterocycles. The maximum Gasteiger partial charge on any atom is 0.312 e. The van der Waals surface area contributed by atoms with E-state index in [1.807, 2.05) is 0 Å². The van der Waals surface area contributed by atoms with Crippen LogP contribution in [-0.2, 0) is 0 Å². The SMILES string of the molecule is [CH2]Oc1c(C#N)cccc1[N+](=O)[O-]. The van der Waals surface area contributed by atoms with E-state index in [9.17, 15) is 10.1 Å². The van der Waals surface area contributed by atoms with Gasteiger partial charge in [-0.3, -0.25) is 10.1 Å². The molecule has 0 aliphatic rings. The first kappa shape index (κ1) is 9.00. The molecule has 0 saturated carbocycles. The van der Waals surface area contributed by atoms with Gasteiger partial charge in [-0.2, -0.15) is 5.26 Å². The Labute approximate surface area is 74.3 Å². The standard InChI is InChI=1S/C8H5N2O3/c1-13-8-6(5-9)3-2-4-7(8)10(11)12/h2-4H,1H2. The van der Waals surface area contributed by atoms with Crippen molar-refractivity contribution in [3.05, 3.63) is 41.0 Å². The van der Waals surface area contributed by atoms with Gasteiger partial charge in [-0.15, -0.1) is 0 Å². The van der Waals surface area contributed by atoms with Gasteiger partial charge in [0.05, 0.1) is 4.92 Å². The number of nitro benzene ring substituents is 1. The van der Waals surface area contributed by atoms with E-state index in [2.05, 4.69) is 11.8 Å². The van der Waals surface area contributed by atoms with Crippen LogP contribution in [0.25, 0.3) is 0 Å². The first-order valence-corrected chi connectivity index (χ1v) is 3.30. The molecule has 0 saturated heterocycles. The Balaban J connectivity index is 3.38. The van der Waals surface area contributed by atoms with Gasteiger partial charge in [0.15, 0.2) is 0 Å². The first-order chi connectivity index (χ1) is 6.20. The number of benzene rings is 1. The third kappa shape index (κ3) is 1.56. The summed E-state index contributed by atoms with van der Waals surface area (Å²) < 4.78 is 4.51. The fourth-order valence-electron chi connectivity index (χ4n) is 0.908. The van der Waals surface area contributed by atoms with Crippen LogP contribution in [-0.4, -0.2) is 4.92 Å². The number of nitriles is 1. The van der Waals surface area contributed by atoms with E-state index in [0.717, 1.165) is 0 Å². The molecule has 0 unspecified atom stereocenters. The quantitative estimate of drug-likeness (QED) is 0.508. The molecule has 0 fully saturated rings. The van der Waals surface area contributed by atoms with E-state index in [1.165, 1.54) is 18.2 Å². The van der Waals surface area contributed by atoms with Crippen LogP contribution in [0.1, 0.15) is 5.56 Å². The van der Waals surface area contributed by atoms with Crippen LogP contribution in [0.2, 0.25) is 0 Å². The highest BCUT2D eigenvalue weighted by molar-refractivity contribution is 5.56. The van der Waals surface area contributed by atoms with Gasteiger partial charge in [0.25, 0.3) is 0 Å². The second-order valence-corrected chi connectivity index (χ2v) is 2.17. The summed E-state index contributed by atoms with van der Waals surface area (Å²) in [6.45, 7) is 0. The van der Waals surface area contributed by atoms with Crippen molar-refractivity contribution in [2.24, 2.45) is 0 Å². The summed E-state index contributed by atoms with van der Waals surface area (Å²) in [5.41, 5.74) is -0.154. The molecule has 0 bridgehead atoms. The lowest BCUT2D eigenvalue weighted by molar-refractivity contribution is -0.385. The van der Waals surface area contributed by atoms with Gasteiger partial charge in [-0.05, 0) is 6.07 Å². The van der Waals surface area contributed by atoms with Crippen molar-refractivity contribution in [2.45, 2.75) is 0 Å². The zero-order chi connectivity index (χ0) is 9.84. The number of nitrogens with zero attached hydrogens (tertiary/aromatic N) is 2. The lowest BCUT2D eigenvalue weighted by Crippen LogP contribution is -1.94. The predicted octanol–water partition coefficient (Wildman–Crippen LogP) is 1.64. The summed E-state index contributed by atoms with van der Waals surface area (Å²) in [5, 5.41) is 19.0. The fraction of sp³-hybridized carbons (Fsp3) is 0. The predicted molar refractivity (Wildman–Crippen MR) is 43.8 cm³/mol. The molecule has 0 amide bonds. The van der Waals surface area contributed by atoms with Crippen LogP contribution in [0.4, 0.5) is 5.69 Å². The van der Waals surface area contributed by atoms with Gasteiger partial charge >= 0.3 is 5.69 Å². The Hall–Kier alpha value is -2.09. The Kier molecular flexibility index (Phi) is 2.45. The number of para-hydroxylation sites is 1. The molecule has 5 nitrogen and oxygen atoms in total. The van der Waals surface area contributed by atoms with Crippen LogP contribution in [0, 0.1) is 28.6 Å². The Morgan fingerprint density at radius 1 is 1.62 bits per heavy atom. The topological polar surface area (TPSA) is 76.2 Å². The summed E-state index contributed by atoms with van der Waals surface area (Å²) in [7, 11) is 3.05. The molecule has 0 spiro atoms. The maximum absolute atomic E-state index is 10.4. The van der Waals surface area contributed by atoms with Gasteiger partial charge in [0, 0.05) is 6.07 Å². The smallest absolute Gasteiger partial charge is 0.312 e. The van der Waals surface area contributed by atoms with E-state index in [0.29, 0.717) is 0 Å². The van der Waals surface area contributed by atoms with E-state index >= 15 is 0 Å². The average molecular weight is 177 g/mol. The minimum Gasteiger partial charge on any atom is -0.482 e. The Morgan fingerprint density at radius 2 is 2.31 bits per heavy atom. The summed E-state index contributed by atoms with van der Waals surface area (Å²) in [6.07, 6.45) is 0. The Bertz CT molecular complexity index is 381. The van der Waals surface area contributed by atoms with E-state index in [-0.39, 0.29) is 17.0 Å². The number of rotatable bonds is 2. The van der Waals surface area contributed by atoms with Crippen LogP contribution in [0.5, 0.6) is 5.75 Å². The molecule has 0 atom stereocenters. The third-order valence-electron chi connectivity index (χ3n) is 1.46. The summed E-state index contributed by atoms with van der Waals surface area (Å²) in [4.78, 5) is 9.81. The lowest BCUT2D eigenvalue weighted by Gasteiger charge is -2.01. The normalized spacial score (nSPS) is 8.92. The highest BCUT2D eigenvalue weighted by Gasteiger charge is 2.17. The largest absolute Gasteiger partial charge is 0.482 e. The van der Waals surface area contributed by atoms with Crippen LogP contribution < -0.4 is 4.74 Å². The zero-order valence-electron chi connectivity index (χ0n) is 6.56. The second kappa shape index (κ2) is 3.54. The molecule has 0 aromatic heterocycles. The molecule has 13 heavy (non-hydrogen) atoms. The molecule has 0 heterocycles. The molecular formula is C8H5N2O3. The van der Waals surface area contributed by atoms with Crippen molar-refractivity contribution < 1.29 is 9.66 Å². The fourth-order valence-corrected chi connectivity index (χ4v) is 0.908. The second-order valence-electron chi connectivity index (χ2n) is 2.17. The molecular weight excluding hydrogens is 172 g/mol. The van der Waals surface area contributed by atoms with Crippen molar-refractivity contribution in [2.75, 3.05) is 0 Å². The first-order valence-electron chi connectivity index (χ1n) is 3.30. The van der Waals surface area contributed by atoms with Crippen LogP contribution in [0.3, 0.4) is 0 Å². The molecule has 1 rings (SSSR count). The van der Waals surface area contributed by atoms with Gasteiger partial charge in [0.2, 0.25) is 5.75 Å². The summed E-state index contributed by atoms with van der Waals surface area (Å²) in [6, 6.07) is 5.86. The monoisotopic (exact) mass is 177 g/mol. The van der Waals surface area contributed by atoms with E-state index < -0.39 is 4.92 Å². The van der Waals surface area contributed by atoms with Crippen molar-refractivity contribution in [3.63, 3.8) is 0 Å². The van der Waals surface area contributed by atoms with Crippen molar-refractivity contribution in [1.82, 2.24) is 0 Å². The third-order valence-corrected chi connectivity index (χ3v) is 1.46.